The van der Waals surface area contributed by atoms with Gasteiger partial charge in [-0.25, -0.2) is 0 Å². The Morgan fingerprint density at radius 1 is 1.64 bits per heavy atom. The van der Waals surface area contributed by atoms with Gasteiger partial charge in [-0.05, 0) is 19.3 Å². The van der Waals surface area contributed by atoms with Crippen molar-refractivity contribution in [2.45, 2.75) is 19.3 Å². The fourth-order valence-corrected chi connectivity index (χ4v) is 0.801. The zero-order valence-electron chi connectivity index (χ0n) is 6.49. The summed E-state index contributed by atoms with van der Waals surface area (Å²) in [7, 11) is 0. The van der Waals surface area contributed by atoms with Crippen molar-refractivity contribution in [1.82, 2.24) is 0 Å². The molecule has 1 unspecified atom stereocenters. The molecule has 0 rings (SSSR count). The van der Waals surface area contributed by atoms with Crippen molar-refractivity contribution in [3.05, 3.63) is 12.7 Å². The highest BCUT2D eigenvalue weighted by molar-refractivity contribution is 5.69. The third-order valence-corrected chi connectivity index (χ3v) is 1.53. The van der Waals surface area contributed by atoms with E-state index in [4.69, 9.17) is 10.2 Å². The van der Waals surface area contributed by atoms with Crippen LogP contribution in [0, 0.1) is 5.92 Å². The molecule has 64 valence electrons. The van der Waals surface area contributed by atoms with Gasteiger partial charge in [-0.2, -0.15) is 0 Å². The van der Waals surface area contributed by atoms with Crippen LogP contribution in [-0.4, -0.2) is 22.8 Å². The van der Waals surface area contributed by atoms with Crippen molar-refractivity contribution in [2.24, 2.45) is 5.92 Å². The van der Waals surface area contributed by atoms with E-state index in [0.717, 1.165) is 12.8 Å². The van der Waals surface area contributed by atoms with Crippen LogP contribution in [0.5, 0.6) is 0 Å². The minimum atomic E-state index is -0.920. The lowest BCUT2D eigenvalue weighted by molar-refractivity contribution is -0.143. The molecule has 3 heteroatoms. The molecule has 1 atom stereocenters. The Labute approximate surface area is 66.4 Å². The van der Waals surface area contributed by atoms with Crippen LogP contribution >= 0.6 is 0 Å². The number of carbonyl (C=O) groups is 1. The van der Waals surface area contributed by atoms with Gasteiger partial charge in [-0.3, -0.25) is 4.79 Å². The fraction of sp³-hybridized carbons (Fsp3) is 0.625. The molecular weight excluding hydrogens is 144 g/mol. The average Bonchev–Trinajstić information content (AvgIpc) is 1.97. The smallest absolute Gasteiger partial charge is 0.308 e. The Morgan fingerprint density at radius 2 is 2.27 bits per heavy atom. The Kier molecular flexibility index (Phi) is 5.47. The third-order valence-electron chi connectivity index (χ3n) is 1.53. The molecule has 3 nitrogen and oxygen atoms in total. The van der Waals surface area contributed by atoms with E-state index in [1.807, 2.05) is 0 Å². The van der Waals surface area contributed by atoms with Crippen LogP contribution in [-0.2, 0) is 4.79 Å². The van der Waals surface area contributed by atoms with Gasteiger partial charge in [-0.15, -0.1) is 6.58 Å². The maximum atomic E-state index is 10.3. The molecule has 0 radical (unpaired) electrons. The number of aliphatic carboxylic acids is 1. The Morgan fingerprint density at radius 3 is 2.64 bits per heavy atom. The number of hydrogen-bond acceptors (Lipinski definition) is 2. The molecule has 0 aromatic heterocycles. The van der Waals surface area contributed by atoms with Gasteiger partial charge in [0.05, 0.1) is 12.5 Å². The second-order valence-corrected chi connectivity index (χ2v) is 2.44. The molecule has 0 aliphatic heterocycles. The van der Waals surface area contributed by atoms with Crippen LogP contribution in [0.2, 0.25) is 0 Å². The summed E-state index contributed by atoms with van der Waals surface area (Å²) in [5.74, 6) is -1.52. The third kappa shape index (κ3) is 4.56. The van der Waals surface area contributed by atoms with E-state index in [-0.39, 0.29) is 6.61 Å². The molecule has 0 fully saturated rings. The second-order valence-electron chi connectivity index (χ2n) is 2.44. The highest BCUT2D eigenvalue weighted by Crippen LogP contribution is 2.07. The molecule has 0 bridgehead atoms. The van der Waals surface area contributed by atoms with Gasteiger partial charge in [0.2, 0.25) is 0 Å². The summed E-state index contributed by atoms with van der Waals surface area (Å²) in [5.41, 5.74) is 0. The number of carboxylic acids is 1. The summed E-state index contributed by atoms with van der Waals surface area (Å²) in [6, 6.07) is 0. The summed E-state index contributed by atoms with van der Waals surface area (Å²) in [4.78, 5) is 10.3. The molecule has 0 aliphatic rings. The molecular formula is C8H14O3. The largest absolute Gasteiger partial charge is 0.481 e. The molecule has 0 aliphatic carbocycles. The second kappa shape index (κ2) is 5.92. The summed E-state index contributed by atoms with van der Waals surface area (Å²) in [5, 5.41) is 17.1. The predicted octanol–water partition coefficient (Wildman–Crippen LogP) is 1.04. The van der Waals surface area contributed by atoms with Crippen LogP contribution < -0.4 is 0 Å². The first-order valence-corrected chi connectivity index (χ1v) is 3.67. The number of aliphatic hydroxyl groups excluding tert-OH is 1. The molecule has 0 saturated carbocycles. The van der Waals surface area contributed by atoms with E-state index >= 15 is 0 Å². The van der Waals surface area contributed by atoms with E-state index in [9.17, 15) is 4.79 Å². The minimum Gasteiger partial charge on any atom is -0.481 e. The number of rotatable bonds is 6. The van der Waals surface area contributed by atoms with Gasteiger partial charge in [0.25, 0.3) is 0 Å². The van der Waals surface area contributed by atoms with Gasteiger partial charge in [0, 0.05) is 0 Å². The van der Waals surface area contributed by atoms with Crippen molar-refractivity contribution < 1.29 is 15.0 Å². The molecule has 0 heterocycles. The highest BCUT2D eigenvalue weighted by atomic mass is 16.4. The Hall–Kier alpha value is -0.830. The first kappa shape index (κ1) is 10.2. The summed E-state index contributed by atoms with van der Waals surface area (Å²) >= 11 is 0. The first-order valence-electron chi connectivity index (χ1n) is 3.67. The number of unbranched alkanes of at least 4 members (excludes halogenated alkanes) is 1. The number of allylic oxidation sites excluding steroid dienone is 1. The summed E-state index contributed by atoms with van der Waals surface area (Å²) in [6.07, 6.45) is 3.86. The molecule has 0 aromatic rings. The zero-order chi connectivity index (χ0) is 8.69. The lowest BCUT2D eigenvalue weighted by atomic mass is 10.0. The summed E-state index contributed by atoms with van der Waals surface area (Å²) < 4.78 is 0. The lowest BCUT2D eigenvalue weighted by Gasteiger charge is -2.06. The van der Waals surface area contributed by atoms with Gasteiger partial charge in [-0.1, -0.05) is 6.08 Å². The van der Waals surface area contributed by atoms with Gasteiger partial charge in [0.15, 0.2) is 0 Å². The Bertz CT molecular complexity index is 131. The average molecular weight is 158 g/mol. The van der Waals surface area contributed by atoms with Gasteiger partial charge < -0.3 is 10.2 Å². The molecule has 0 amide bonds. The van der Waals surface area contributed by atoms with E-state index in [2.05, 4.69) is 6.58 Å². The first-order chi connectivity index (χ1) is 5.22. The fourth-order valence-electron chi connectivity index (χ4n) is 0.801. The van der Waals surface area contributed by atoms with E-state index in [1.165, 1.54) is 0 Å². The summed E-state index contributed by atoms with van der Waals surface area (Å²) in [6.45, 7) is 3.25. The van der Waals surface area contributed by atoms with E-state index < -0.39 is 11.9 Å². The van der Waals surface area contributed by atoms with Crippen molar-refractivity contribution in [1.29, 1.82) is 0 Å². The van der Waals surface area contributed by atoms with Crippen LogP contribution in [0.3, 0.4) is 0 Å². The van der Waals surface area contributed by atoms with Crippen molar-refractivity contribution >= 4 is 5.97 Å². The van der Waals surface area contributed by atoms with Crippen LogP contribution in [0.1, 0.15) is 19.3 Å². The minimum absolute atomic E-state index is 0.271. The van der Waals surface area contributed by atoms with Crippen molar-refractivity contribution in [3.8, 4) is 0 Å². The SMILES string of the molecule is C=CCCCC(CO)C(=O)O. The maximum absolute atomic E-state index is 10.3. The Balaban J connectivity index is 3.52. The van der Waals surface area contributed by atoms with Gasteiger partial charge >= 0.3 is 5.97 Å². The maximum Gasteiger partial charge on any atom is 0.308 e. The molecule has 0 saturated heterocycles. The predicted molar refractivity (Wildman–Crippen MR) is 42.3 cm³/mol. The molecule has 2 N–H and O–H groups in total. The van der Waals surface area contributed by atoms with Crippen LogP contribution in [0.4, 0.5) is 0 Å². The van der Waals surface area contributed by atoms with Crippen LogP contribution in [0.25, 0.3) is 0 Å². The molecule has 0 spiro atoms. The topological polar surface area (TPSA) is 57.5 Å². The standard InChI is InChI=1S/C8H14O3/c1-2-3-4-5-7(6-9)8(10)11/h2,7,9H,1,3-6H2,(H,10,11). The lowest BCUT2D eigenvalue weighted by Crippen LogP contribution is -2.17. The normalized spacial score (nSPS) is 12.5. The zero-order valence-corrected chi connectivity index (χ0v) is 6.49. The molecule has 0 aromatic carbocycles. The quantitative estimate of drug-likeness (QED) is 0.448. The number of carboxylic acid groups (broad SMARTS) is 1. The monoisotopic (exact) mass is 158 g/mol. The van der Waals surface area contributed by atoms with Crippen molar-refractivity contribution in [2.75, 3.05) is 6.61 Å². The van der Waals surface area contributed by atoms with Crippen LogP contribution in [0.15, 0.2) is 12.7 Å². The number of hydrogen-bond donors (Lipinski definition) is 2. The van der Waals surface area contributed by atoms with E-state index in [1.54, 1.807) is 6.08 Å². The number of aliphatic hydroxyl groups is 1. The highest BCUT2D eigenvalue weighted by Gasteiger charge is 2.14. The van der Waals surface area contributed by atoms with Crippen molar-refractivity contribution in [3.63, 3.8) is 0 Å². The van der Waals surface area contributed by atoms with E-state index in [0.29, 0.717) is 6.42 Å². The molecule has 11 heavy (non-hydrogen) atoms. The van der Waals surface area contributed by atoms with Gasteiger partial charge in [0.1, 0.15) is 0 Å².